The number of aromatic hydroxyl groups is 1. The number of rotatable bonds is 7. The molecule has 0 radical (unpaired) electrons. The topological polar surface area (TPSA) is 110 Å². The number of Topliss-reactive ketones (excluding diaryl/α,β-unsaturated/α-hetero) is 1. The van der Waals surface area contributed by atoms with Gasteiger partial charge in [-0.25, -0.2) is 8.42 Å². The van der Waals surface area contributed by atoms with E-state index in [4.69, 9.17) is 4.74 Å². The predicted molar refractivity (Wildman–Crippen MR) is 118 cm³/mol. The number of benzene rings is 3. The van der Waals surface area contributed by atoms with Crippen molar-refractivity contribution in [1.29, 1.82) is 0 Å². The van der Waals surface area contributed by atoms with E-state index in [1.54, 1.807) is 30.3 Å². The average molecular weight is 495 g/mol. The van der Waals surface area contributed by atoms with Crippen LogP contribution >= 0.6 is 0 Å². The van der Waals surface area contributed by atoms with Crippen LogP contribution in [-0.4, -0.2) is 37.6 Å². The lowest BCUT2D eigenvalue weighted by atomic mass is 9.93. The zero-order chi connectivity index (χ0) is 25.3. The van der Waals surface area contributed by atoms with Crippen molar-refractivity contribution in [3.05, 3.63) is 66.2 Å². The van der Waals surface area contributed by atoms with Gasteiger partial charge >= 0.3 is 12.1 Å². The Morgan fingerprint density at radius 2 is 1.65 bits per heavy atom. The number of phenols is 1. The molecule has 3 rings (SSSR count). The van der Waals surface area contributed by atoms with E-state index in [1.807, 2.05) is 0 Å². The molecule has 2 N–H and O–H groups in total. The van der Waals surface area contributed by atoms with Gasteiger partial charge in [0, 0.05) is 16.6 Å². The third kappa shape index (κ3) is 5.30. The standard InChI is InChI=1S/C23H20F3NO6S/c1-13(2)33-22(30)20(21(29)23(24,25)26)17-12-15(10-11-18(17)28)27-34(31,32)19-9-5-7-14-6-3-4-8-16(14)19/h3-13,20,27-28H,1-2H3/t20-/m1/s1. The predicted octanol–water partition coefficient (Wildman–Crippen LogP) is 4.51. The van der Waals surface area contributed by atoms with Gasteiger partial charge in [-0.2, -0.15) is 13.2 Å². The molecule has 0 saturated heterocycles. The fourth-order valence-electron chi connectivity index (χ4n) is 3.33. The normalized spacial score (nSPS) is 13.0. The number of sulfonamides is 1. The highest BCUT2D eigenvalue weighted by molar-refractivity contribution is 7.93. The maximum absolute atomic E-state index is 13.2. The zero-order valence-electron chi connectivity index (χ0n) is 18.0. The number of halogens is 3. The van der Waals surface area contributed by atoms with Crippen LogP contribution in [0.4, 0.5) is 18.9 Å². The van der Waals surface area contributed by atoms with E-state index in [0.29, 0.717) is 10.8 Å². The molecule has 0 fully saturated rings. The molecular weight excluding hydrogens is 475 g/mol. The van der Waals surface area contributed by atoms with Gasteiger partial charge < -0.3 is 9.84 Å². The number of hydrogen-bond donors (Lipinski definition) is 2. The molecule has 0 spiro atoms. The third-order valence-electron chi connectivity index (χ3n) is 4.76. The molecule has 3 aromatic rings. The highest BCUT2D eigenvalue weighted by Gasteiger charge is 2.48. The Hall–Kier alpha value is -3.60. The number of hydrogen-bond acceptors (Lipinski definition) is 6. The van der Waals surface area contributed by atoms with Gasteiger partial charge in [0.15, 0.2) is 5.92 Å². The van der Waals surface area contributed by atoms with E-state index in [-0.39, 0.29) is 10.6 Å². The fourth-order valence-corrected chi connectivity index (χ4v) is 4.61. The summed E-state index contributed by atoms with van der Waals surface area (Å²) in [7, 11) is -4.24. The third-order valence-corrected chi connectivity index (χ3v) is 6.20. The van der Waals surface area contributed by atoms with Gasteiger partial charge in [0.1, 0.15) is 5.75 Å². The largest absolute Gasteiger partial charge is 0.508 e. The molecule has 0 aliphatic rings. The molecule has 0 aliphatic carbocycles. The second-order valence-electron chi connectivity index (χ2n) is 7.64. The Kier molecular flexibility index (Phi) is 6.87. The first-order chi connectivity index (χ1) is 15.8. The van der Waals surface area contributed by atoms with Crippen LogP contribution in [0.15, 0.2) is 65.6 Å². The van der Waals surface area contributed by atoms with E-state index in [2.05, 4.69) is 4.72 Å². The van der Waals surface area contributed by atoms with Crippen molar-refractivity contribution in [3.63, 3.8) is 0 Å². The van der Waals surface area contributed by atoms with Crippen molar-refractivity contribution in [2.75, 3.05) is 4.72 Å². The van der Waals surface area contributed by atoms with Crippen molar-refractivity contribution >= 4 is 38.2 Å². The number of anilines is 1. The smallest absolute Gasteiger partial charge is 0.451 e. The van der Waals surface area contributed by atoms with Gasteiger partial charge in [0.2, 0.25) is 0 Å². The summed E-state index contributed by atoms with van der Waals surface area (Å²) in [6.07, 6.45) is -6.25. The number of carbonyl (C=O) groups excluding carboxylic acids is 2. The number of nitrogens with one attached hydrogen (secondary N) is 1. The number of phenolic OH excluding ortho intramolecular Hbond substituents is 1. The summed E-state index contributed by atoms with van der Waals surface area (Å²) < 4.78 is 72.7. The summed E-state index contributed by atoms with van der Waals surface area (Å²) in [4.78, 5) is 24.3. The van der Waals surface area contributed by atoms with E-state index in [1.165, 1.54) is 26.0 Å². The molecule has 7 nitrogen and oxygen atoms in total. The lowest BCUT2D eigenvalue weighted by Crippen LogP contribution is -2.35. The molecule has 0 heterocycles. The molecule has 11 heteroatoms. The zero-order valence-corrected chi connectivity index (χ0v) is 18.8. The Balaban J connectivity index is 2.06. The van der Waals surface area contributed by atoms with E-state index in [0.717, 1.165) is 18.2 Å². The SMILES string of the molecule is CC(C)OC(=O)[C@@H](C(=O)C(F)(F)F)c1cc(NS(=O)(=O)c2cccc3ccccc23)ccc1O. The Bertz CT molecular complexity index is 1350. The summed E-state index contributed by atoms with van der Waals surface area (Å²) in [5.74, 6) is -7.33. The molecule has 0 amide bonds. The number of alkyl halides is 3. The Labute approximate surface area is 193 Å². The second kappa shape index (κ2) is 9.34. The molecule has 34 heavy (non-hydrogen) atoms. The van der Waals surface area contributed by atoms with E-state index >= 15 is 0 Å². The molecule has 3 aromatic carbocycles. The average Bonchev–Trinajstić information content (AvgIpc) is 2.74. The van der Waals surface area contributed by atoms with E-state index in [9.17, 15) is 36.3 Å². The van der Waals surface area contributed by atoms with Crippen LogP contribution in [0.3, 0.4) is 0 Å². The number of ether oxygens (including phenoxy) is 1. The molecular formula is C23H20F3NO6S. The fraction of sp³-hybridized carbons (Fsp3) is 0.217. The summed E-state index contributed by atoms with van der Waals surface area (Å²) >= 11 is 0. The highest BCUT2D eigenvalue weighted by atomic mass is 32.2. The molecule has 0 unspecified atom stereocenters. The highest BCUT2D eigenvalue weighted by Crippen LogP contribution is 2.36. The molecule has 1 atom stereocenters. The van der Waals surface area contributed by atoms with Gasteiger partial charge in [-0.3, -0.25) is 14.3 Å². The minimum absolute atomic E-state index is 0.0950. The number of esters is 1. The van der Waals surface area contributed by atoms with Crippen molar-refractivity contribution in [1.82, 2.24) is 0 Å². The number of ketones is 1. The van der Waals surface area contributed by atoms with Crippen molar-refractivity contribution in [2.45, 2.75) is 36.9 Å². The summed E-state index contributed by atoms with van der Waals surface area (Å²) in [6.45, 7) is 2.75. The van der Waals surface area contributed by atoms with Gasteiger partial charge in [0.25, 0.3) is 15.8 Å². The van der Waals surface area contributed by atoms with Crippen LogP contribution in [0.25, 0.3) is 10.8 Å². The monoisotopic (exact) mass is 495 g/mol. The first-order valence-electron chi connectivity index (χ1n) is 9.96. The van der Waals surface area contributed by atoms with Crippen LogP contribution in [-0.2, 0) is 24.3 Å². The van der Waals surface area contributed by atoms with Crippen molar-refractivity contribution in [3.8, 4) is 5.75 Å². The van der Waals surface area contributed by atoms with Crippen LogP contribution in [0.1, 0.15) is 25.3 Å². The van der Waals surface area contributed by atoms with Crippen molar-refractivity contribution in [2.24, 2.45) is 0 Å². The summed E-state index contributed by atoms with van der Waals surface area (Å²) in [5, 5.41) is 11.2. The Morgan fingerprint density at radius 3 is 2.29 bits per heavy atom. The van der Waals surface area contributed by atoms with Gasteiger partial charge in [-0.05, 0) is 43.5 Å². The molecule has 180 valence electrons. The minimum atomic E-state index is -5.41. The van der Waals surface area contributed by atoms with Gasteiger partial charge in [0.05, 0.1) is 11.0 Å². The first kappa shape index (κ1) is 25.0. The molecule has 0 aliphatic heterocycles. The quantitative estimate of drug-likeness (QED) is 0.284. The van der Waals surface area contributed by atoms with Gasteiger partial charge in [-0.1, -0.05) is 36.4 Å². The molecule has 0 aromatic heterocycles. The van der Waals surface area contributed by atoms with Crippen molar-refractivity contribution < 1.29 is 41.0 Å². The van der Waals surface area contributed by atoms with Gasteiger partial charge in [-0.15, -0.1) is 0 Å². The minimum Gasteiger partial charge on any atom is -0.508 e. The van der Waals surface area contributed by atoms with E-state index < -0.39 is 51.3 Å². The molecule has 0 bridgehead atoms. The Morgan fingerprint density at radius 1 is 1.00 bits per heavy atom. The number of carbonyl (C=O) groups is 2. The van der Waals surface area contributed by atoms with Crippen LogP contribution in [0.2, 0.25) is 0 Å². The summed E-state index contributed by atoms with van der Waals surface area (Å²) in [5.41, 5.74) is -1.01. The van der Waals surface area contributed by atoms with Crippen LogP contribution < -0.4 is 4.72 Å². The number of fused-ring (bicyclic) bond motifs is 1. The molecule has 0 saturated carbocycles. The second-order valence-corrected chi connectivity index (χ2v) is 9.29. The lowest BCUT2D eigenvalue weighted by Gasteiger charge is -2.20. The maximum atomic E-state index is 13.2. The van der Waals surface area contributed by atoms with Crippen LogP contribution in [0, 0.1) is 0 Å². The maximum Gasteiger partial charge on any atom is 0.451 e. The van der Waals surface area contributed by atoms with Crippen LogP contribution in [0.5, 0.6) is 5.75 Å². The summed E-state index contributed by atoms with van der Waals surface area (Å²) in [6, 6.07) is 14.0. The lowest BCUT2D eigenvalue weighted by molar-refractivity contribution is -0.178. The first-order valence-corrected chi connectivity index (χ1v) is 11.4.